The Labute approximate surface area is 201 Å². The van der Waals surface area contributed by atoms with Gasteiger partial charge in [-0.05, 0) is 31.0 Å². The van der Waals surface area contributed by atoms with Crippen LogP contribution in [0.1, 0.15) is 30.7 Å². The Balaban J connectivity index is 1.78. The number of nitriles is 1. The van der Waals surface area contributed by atoms with Gasteiger partial charge in [-0.1, -0.05) is 0 Å². The van der Waals surface area contributed by atoms with Crippen LogP contribution in [-0.2, 0) is 4.79 Å². The van der Waals surface area contributed by atoms with Crippen molar-refractivity contribution < 1.29 is 28.5 Å². The van der Waals surface area contributed by atoms with Crippen LogP contribution in [0.25, 0.3) is 0 Å². The van der Waals surface area contributed by atoms with Gasteiger partial charge in [0.2, 0.25) is 12.6 Å². The van der Waals surface area contributed by atoms with Crippen LogP contribution in [0.2, 0.25) is 0 Å². The maximum atomic E-state index is 14.0. The van der Waals surface area contributed by atoms with Gasteiger partial charge < -0.3 is 15.2 Å². The first kappa shape index (κ1) is 22.8. The first-order valence-electron chi connectivity index (χ1n) is 10.7. The van der Waals surface area contributed by atoms with E-state index in [1.165, 1.54) is 23.1 Å². The molecule has 2 aliphatic heterocycles. The highest BCUT2D eigenvalue weighted by atomic mass is 19.1. The number of rotatable bonds is 4. The van der Waals surface area contributed by atoms with Crippen LogP contribution in [0.5, 0.6) is 11.5 Å². The van der Waals surface area contributed by atoms with E-state index in [9.17, 15) is 34.7 Å². The first-order valence-corrected chi connectivity index (χ1v) is 10.7. The van der Waals surface area contributed by atoms with Gasteiger partial charge >= 0.3 is 5.69 Å². The second-order valence-corrected chi connectivity index (χ2v) is 8.23. The molecule has 36 heavy (non-hydrogen) atoms. The van der Waals surface area contributed by atoms with Gasteiger partial charge in [0, 0.05) is 29.3 Å². The highest BCUT2D eigenvalue weighted by molar-refractivity contribution is 6.01. The van der Waals surface area contributed by atoms with Gasteiger partial charge in [0.05, 0.1) is 39.2 Å². The summed E-state index contributed by atoms with van der Waals surface area (Å²) in [5, 5.41) is 33.4. The quantitative estimate of drug-likeness (QED) is 0.488. The van der Waals surface area contributed by atoms with Crippen LogP contribution in [-0.4, -0.2) is 22.4 Å². The van der Waals surface area contributed by atoms with Crippen molar-refractivity contribution in [3.63, 3.8) is 0 Å². The molecule has 1 atom stereocenters. The van der Waals surface area contributed by atoms with Gasteiger partial charge in [-0.15, -0.1) is 0 Å². The Morgan fingerprint density at radius 2 is 1.78 bits per heavy atom. The number of ether oxygens (including phenoxy) is 2. The van der Waals surface area contributed by atoms with Gasteiger partial charge in [0.25, 0.3) is 5.69 Å². The van der Waals surface area contributed by atoms with E-state index >= 15 is 0 Å². The van der Waals surface area contributed by atoms with Crippen molar-refractivity contribution >= 4 is 22.8 Å². The molecule has 12 nitrogen and oxygen atoms in total. The van der Waals surface area contributed by atoms with Crippen LogP contribution in [0, 0.1) is 37.4 Å². The number of carbonyl (C=O) groups excluding carboxylic acids is 1. The molecule has 1 unspecified atom stereocenters. The molecule has 182 valence electrons. The number of nitro groups is 2. The lowest BCUT2D eigenvalue weighted by Crippen LogP contribution is -2.38. The maximum absolute atomic E-state index is 14.0. The normalized spacial score (nSPS) is 18.7. The molecule has 0 fully saturated rings. The smallest absolute Gasteiger partial charge is 0.306 e. The van der Waals surface area contributed by atoms with E-state index in [1.54, 1.807) is 0 Å². The molecule has 2 N–H and O–H groups in total. The zero-order valence-electron chi connectivity index (χ0n) is 18.4. The summed E-state index contributed by atoms with van der Waals surface area (Å²) in [5.41, 5.74) is 5.58. The number of fused-ring (bicyclic) bond motifs is 1. The molecule has 3 aliphatic rings. The SMILES string of the molecule is N#CC1=C(N)N(c2ccc(F)c([N+](=O)[O-])c2)C2=C(C(=O)CCC2)C1c1cc2c(cc1[N+](=O)[O-])OCO2. The van der Waals surface area contributed by atoms with E-state index in [0.717, 1.165) is 12.1 Å². The van der Waals surface area contributed by atoms with Crippen LogP contribution in [0.4, 0.5) is 21.5 Å². The Morgan fingerprint density at radius 3 is 2.44 bits per heavy atom. The van der Waals surface area contributed by atoms with Gasteiger partial charge in [-0.2, -0.15) is 9.65 Å². The third-order valence-electron chi connectivity index (χ3n) is 6.33. The molecule has 0 radical (unpaired) electrons. The van der Waals surface area contributed by atoms with Crippen molar-refractivity contribution in [3.05, 3.63) is 84.6 Å². The summed E-state index contributed by atoms with van der Waals surface area (Å²) in [6.07, 6.45) is 0.840. The summed E-state index contributed by atoms with van der Waals surface area (Å²) < 4.78 is 24.6. The molecule has 1 aliphatic carbocycles. The van der Waals surface area contributed by atoms with E-state index in [4.69, 9.17) is 15.2 Å². The minimum absolute atomic E-state index is 0.0243. The van der Waals surface area contributed by atoms with E-state index in [-0.39, 0.29) is 64.4 Å². The molecule has 13 heteroatoms. The van der Waals surface area contributed by atoms with Crippen molar-refractivity contribution in [1.82, 2.24) is 0 Å². The number of nitrogens with zero attached hydrogens (tertiary/aromatic N) is 4. The molecule has 2 heterocycles. The number of ketones is 1. The molecule has 5 rings (SSSR count). The Bertz CT molecular complexity index is 1480. The van der Waals surface area contributed by atoms with Crippen LogP contribution < -0.4 is 20.1 Å². The number of hydrogen-bond acceptors (Lipinski definition) is 10. The predicted octanol–water partition coefficient (Wildman–Crippen LogP) is 3.68. The maximum Gasteiger partial charge on any atom is 0.306 e. The molecule has 0 amide bonds. The largest absolute Gasteiger partial charge is 0.454 e. The van der Waals surface area contributed by atoms with E-state index in [2.05, 4.69) is 0 Å². The lowest BCUT2D eigenvalue weighted by Gasteiger charge is -2.39. The van der Waals surface area contributed by atoms with Crippen molar-refractivity contribution in [1.29, 1.82) is 5.26 Å². The average molecular weight is 493 g/mol. The lowest BCUT2D eigenvalue weighted by atomic mass is 9.75. The third-order valence-corrected chi connectivity index (χ3v) is 6.33. The molecule has 0 saturated carbocycles. The number of carbonyl (C=O) groups is 1. The van der Waals surface area contributed by atoms with E-state index in [1.807, 2.05) is 6.07 Å². The van der Waals surface area contributed by atoms with Crippen LogP contribution in [0.3, 0.4) is 0 Å². The fourth-order valence-corrected chi connectivity index (χ4v) is 4.81. The number of Topliss-reactive ketones (excluding diaryl/α,β-unsaturated/α-hetero) is 1. The standard InChI is InChI=1S/C23H16FN5O7/c24-14-5-4-11(6-17(14)29(33)34)27-15-2-1-3-18(30)22(15)21(13(9-25)23(27)26)12-7-19-20(36-10-35-19)8-16(12)28(31)32/h4-8,21H,1-3,10,26H2. The summed E-state index contributed by atoms with van der Waals surface area (Å²) in [7, 11) is 0. The Morgan fingerprint density at radius 1 is 1.08 bits per heavy atom. The molecular formula is C23H16FN5O7. The van der Waals surface area contributed by atoms with Crippen LogP contribution in [0.15, 0.2) is 53.0 Å². The summed E-state index contributed by atoms with van der Waals surface area (Å²) in [5.74, 6) is -2.40. The number of nitrogens with two attached hydrogens (primary N) is 1. The van der Waals surface area contributed by atoms with Crippen molar-refractivity contribution in [2.75, 3.05) is 11.7 Å². The van der Waals surface area contributed by atoms with E-state index < -0.39 is 27.3 Å². The lowest BCUT2D eigenvalue weighted by molar-refractivity contribution is -0.387. The van der Waals surface area contributed by atoms with E-state index in [0.29, 0.717) is 18.5 Å². The van der Waals surface area contributed by atoms with Crippen molar-refractivity contribution in [2.24, 2.45) is 5.73 Å². The van der Waals surface area contributed by atoms with Crippen molar-refractivity contribution in [2.45, 2.75) is 25.2 Å². The van der Waals surface area contributed by atoms with Gasteiger partial charge in [0.15, 0.2) is 17.3 Å². The minimum Gasteiger partial charge on any atom is -0.454 e. The van der Waals surface area contributed by atoms with Gasteiger partial charge in [-0.25, -0.2) is 0 Å². The number of anilines is 1. The van der Waals surface area contributed by atoms with Crippen LogP contribution >= 0.6 is 0 Å². The molecule has 0 bridgehead atoms. The molecule has 0 aromatic heterocycles. The second kappa shape index (κ2) is 8.35. The monoisotopic (exact) mass is 493 g/mol. The first-order chi connectivity index (χ1) is 17.2. The molecule has 2 aromatic carbocycles. The third kappa shape index (κ3) is 3.38. The number of nitro benzene ring substituents is 2. The summed E-state index contributed by atoms with van der Waals surface area (Å²) in [6, 6.07) is 7.60. The summed E-state index contributed by atoms with van der Waals surface area (Å²) in [6.45, 7) is -0.145. The highest BCUT2D eigenvalue weighted by Crippen LogP contribution is 2.50. The van der Waals surface area contributed by atoms with Gasteiger partial charge in [-0.3, -0.25) is 29.9 Å². The fraction of sp³-hybridized carbons (Fsp3) is 0.217. The number of halogens is 1. The Hall–Kier alpha value is -4.99. The number of benzene rings is 2. The Kier molecular flexibility index (Phi) is 5.28. The second-order valence-electron chi connectivity index (χ2n) is 8.23. The predicted molar refractivity (Wildman–Crippen MR) is 120 cm³/mol. The average Bonchev–Trinajstić information content (AvgIpc) is 3.31. The highest BCUT2D eigenvalue weighted by Gasteiger charge is 2.43. The fourth-order valence-electron chi connectivity index (χ4n) is 4.81. The topological polar surface area (TPSA) is 175 Å². The van der Waals surface area contributed by atoms with Crippen molar-refractivity contribution in [3.8, 4) is 17.6 Å². The molecule has 2 aromatic rings. The molecule has 0 spiro atoms. The zero-order chi connectivity index (χ0) is 25.7. The summed E-state index contributed by atoms with van der Waals surface area (Å²) >= 11 is 0. The zero-order valence-corrected chi connectivity index (χ0v) is 18.4. The molecular weight excluding hydrogens is 477 g/mol. The minimum atomic E-state index is -1.18. The number of allylic oxidation sites excluding steroid dienone is 3. The molecule has 0 saturated heterocycles. The van der Waals surface area contributed by atoms with Gasteiger partial charge in [0.1, 0.15) is 5.82 Å². The summed E-state index contributed by atoms with van der Waals surface area (Å²) in [4.78, 5) is 36.3. The number of hydrogen-bond donors (Lipinski definition) is 1.